The molecule has 0 fully saturated rings. The van der Waals surface area contributed by atoms with Crippen LogP contribution in [0, 0.1) is 15.9 Å². The van der Waals surface area contributed by atoms with Crippen LogP contribution in [0.5, 0.6) is 5.75 Å². The van der Waals surface area contributed by atoms with Crippen molar-refractivity contribution in [3.8, 4) is 5.75 Å². The van der Waals surface area contributed by atoms with Crippen LogP contribution in [0.25, 0.3) is 0 Å². The summed E-state index contributed by atoms with van der Waals surface area (Å²) in [5.41, 5.74) is -0.210. The number of carbonyl (C=O) groups is 1. The second-order valence-electron chi connectivity index (χ2n) is 5.02. The van der Waals surface area contributed by atoms with Crippen molar-refractivity contribution in [2.75, 3.05) is 6.61 Å². The maximum absolute atomic E-state index is 13.3. The quantitative estimate of drug-likeness (QED) is 0.469. The third-order valence-corrected chi connectivity index (χ3v) is 3.31. The molecule has 0 heterocycles. The van der Waals surface area contributed by atoms with Crippen molar-refractivity contribution in [3.05, 3.63) is 70.0 Å². The Morgan fingerprint density at radius 2 is 1.96 bits per heavy atom. The summed E-state index contributed by atoms with van der Waals surface area (Å²) in [7, 11) is 0. The van der Waals surface area contributed by atoms with Crippen molar-refractivity contribution in [2.45, 2.75) is 19.1 Å². The van der Waals surface area contributed by atoms with Crippen molar-refractivity contribution in [2.24, 2.45) is 0 Å². The summed E-state index contributed by atoms with van der Waals surface area (Å²) in [4.78, 5) is 22.2. The van der Waals surface area contributed by atoms with E-state index in [9.17, 15) is 24.4 Å². The van der Waals surface area contributed by atoms with Crippen LogP contribution in [-0.4, -0.2) is 28.7 Å². The first-order valence-corrected chi connectivity index (χ1v) is 7.44. The van der Waals surface area contributed by atoms with Gasteiger partial charge in [-0.2, -0.15) is 0 Å². The maximum Gasteiger partial charge on any atom is 0.339 e. The standard InChI is InChI=1S/C17H16FNO6/c1-2-24-17(21)15(20)16(11-6-4-3-5-7-11)25-14-9-8-12(18)10-13(14)19(22)23/h3-10,15-16,20H,2H2,1H3. The lowest BCUT2D eigenvalue weighted by molar-refractivity contribution is -0.386. The molecule has 2 aromatic rings. The fraction of sp³-hybridized carbons (Fsp3) is 0.235. The van der Waals surface area contributed by atoms with E-state index in [-0.39, 0.29) is 12.4 Å². The monoisotopic (exact) mass is 349 g/mol. The fourth-order valence-electron chi connectivity index (χ4n) is 2.18. The van der Waals surface area contributed by atoms with Gasteiger partial charge in [-0.1, -0.05) is 30.3 Å². The third kappa shape index (κ3) is 4.51. The smallest absolute Gasteiger partial charge is 0.339 e. The minimum atomic E-state index is -1.72. The van der Waals surface area contributed by atoms with Crippen LogP contribution in [0.3, 0.4) is 0 Å². The lowest BCUT2D eigenvalue weighted by Gasteiger charge is -2.23. The van der Waals surface area contributed by atoms with Crippen molar-refractivity contribution in [1.29, 1.82) is 0 Å². The summed E-state index contributed by atoms with van der Waals surface area (Å²) in [5.74, 6) is -2.01. The highest BCUT2D eigenvalue weighted by molar-refractivity contribution is 5.75. The number of halogens is 1. The molecule has 0 radical (unpaired) electrons. The molecule has 132 valence electrons. The third-order valence-electron chi connectivity index (χ3n) is 3.31. The van der Waals surface area contributed by atoms with Crippen molar-refractivity contribution >= 4 is 11.7 Å². The number of nitrogens with zero attached hydrogens (tertiary/aromatic N) is 1. The van der Waals surface area contributed by atoms with Crippen LogP contribution in [0.1, 0.15) is 18.6 Å². The van der Waals surface area contributed by atoms with E-state index in [1.54, 1.807) is 37.3 Å². The van der Waals surface area contributed by atoms with Gasteiger partial charge >= 0.3 is 11.7 Å². The summed E-state index contributed by atoms with van der Waals surface area (Å²) in [6.45, 7) is 1.63. The van der Waals surface area contributed by atoms with E-state index >= 15 is 0 Å². The van der Waals surface area contributed by atoms with Gasteiger partial charge in [0.2, 0.25) is 0 Å². The van der Waals surface area contributed by atoms with Crippen LogP contribution in [0.2, 0.25) is 0 Å². The molecule has 2 aromatic carbocycles. The molecule has 2 rings (SSSR count). The predicted molar refractivity (Wildman–Crippen MR) is 85.5 cm³/mol. The SMILES string of the molecule is CCOC(=O)C(O)C(Oc1ccc(F)cc1[N+](=O)[O-])c1ccccc1. The first kappa shape index (κ1) is 18.3. The molecule has 2 unspecified atom stereocenters. The zero-order valence-corrected chi connectivity index (χ0v) is 13.3. The van der Waals surface area contributed by atoms with Gasteiger partial charge in [-0.15, -0.1) is 0 Å². The highest BCUT2D eigenvalue weighted by Crippen LogP contribution is 2.33. The lowest BCUT2D eigenvalue weighted by Crippen LogP contribution is -2.33. The fourth-order valence-corrected chi connectivity index (χ4v) is 2.18. The van der Waals surface area contributed by atoms with E-state index in [4.69, 9.17) is 9.47 Å². The largest absolute Gasteiger partial charge is 0.475 e. The number of ether oxygens (including phenoxy) is 2. The van der Waals surface area contributed by atoms with Crippen LogP contribution < -0.4 is 4.74 Å². The molecular weight excluding hydrogens is 333 g/mol. The molecule has 7 nitrogen and oxygen atoms in total. The van der Waals surface area contributed by atoms with Gasteiger partial charge in [0.15, 0.2) is 18.0 Å². The Morgan fingerprint density at radius 3 is 2.56 bits per heavy atom. The van der Waals surface area contributed by atoms with Gasteiger partial charge < -0.3 is 14.6 Å². The number of hydrogen-bond acceptors (Lipinski definition) is 6. The molecular formula is C17H16FNO6. The van der Waals surface area contributed by atoms with Crippen LogP contribution in [0.15, 0.2) is 48.5 Å². The molecule has 0 saturated carbocycles. The number of esters is 1. The molecule has 0 aliphatic heterocycles. The number of aliphatic hydroxyl groups is 1. The van der Waals surface area contributed by atoms with E-state index in [2.05, 4.69) is 0 Å². The van der Waals surface area contributed by atoms with E-state index < -0.39 is 34.6 Å². The molecule has 0 bridgehead atoms. The summed E-state index contributed by atoms with van der Waals surface area (Å²) in [5, 5.41) is 21.4. The van der Waals surface area contributed by atoms with E-state index in [1.165, 1.54) is 0 Å². The molecule has 0 spiro atoms. The summed E-state index contributed by atoms with van der Waals surface area (Å²) < 4.78 is 23.6. The lowest BCUT2D eigenvalue weighted by atomic mass is 10.0. The van der Waals surface area contributed by atoms with Gasteiger partial charge in [-0.25, -0.2) is 9.18 Å². The summed E-state index contributed by atoms with van der Waals surface area (Å²) in [6, 6.07) is 11.0. The van der Waals surface area contributed by atoms with Gasteiger partial charge in [-0.3, -0.25) is 10.1 Å². The molecule has 0 aliphatic carbocycles. The van der Waals surface area contributed by atoms with Crippen molar-refractivity contribution < 1.29 is 28.7 Å². The van der Waals surface area contributed by atoms with Gasteiger partial charge in [0.25, 0.3) is 0 Å². The van der Waals surface area contributed by atoms with Gasteiger partial charge in [-0.05, 0) is 24.6 Å². The second-order valence-corrected chi connectivity index (χ2v) is 5.02. The highest BCUT2D eigenvalue weighted by atomic mass is 19.1. The molecule has 0 aromatic heterocycles. The van der Waals surface area contributed by atoms with Gasteiger partial charge in [0, 0.05) is 0 Å². The van der Waals surface area contributed by atoms with Crippen molar-refractivity contribution in [3.63, 3.8) is 0 Å². The number of benzene rings is 2. The Balaban J connectivity index is 2.41. The Hall–Kier alpha value is -3.00. The number of nitro benzene ring substituents is 1. The zero-order valence-electron chi connectivity index (χ0n) is 13.3. The molecule has 0 aliphatic rings. The number of carbonyl (C=O) groups excluding carboxylic acids is 1. The molecule has 25 heavy (non-hydrogen) atoms. The number of rotatable bonds is 7. The minimum Gasteiger partial charge on any atom is -0.475 e. The number of nitro groups is 1. The Kier molecular flexibility index (Phi) is 6.02. The topological polar surface area (TPSA) is 98.9 Å². The van der Waals surface area contributed by atoms with Crippen molar-refractivity contribution in [1.82, 2.24) is 0 Å². The van der Waals surface area contributed by atoms with E-state index in [0.717, 1.165) is 12.1 Å². The van der Waals surface area contributed by atoms with Crippen LogP contribution in [0.4, 0.5) is 10.1 Å². The van der Waals surface area contributed by atoms with E-state index in [0.29, 0.717) is 11.6 Å². The Morgan fingerprint density at radius 1 is 1.28 bits per heavy atom. The van der Waals surface area contributed by atoms with E-state index in [1.807, 2.05) is 0 Å². The Labute approximate surface area is 142 Å². The minimum absolute atomic E-state index is 0.0497. The molecule has 1 N–H and O–H groups in total. The molecule has 2 atom stereocenters. The van der Waals surface area contributed by atoms with Gasteiger partial charge in [0.1, 0.15) is 5.82 Å². The highest BCUT2D eigenvalue weighted by Gasteiger charge is 2.32. The number of hydrogen-bond donors (Lipinski definition) is 1. The molecule has 0 saturated heterocycles. The molecule has 8 heteroatoms. The second kappa shape index (κ2) is 8.20. The normalized spacial score (nSPS) is 12.9. The Bertz CT molecular complexity index is 752. The van der Waals surface area contributed by atoms with Gasteiger partial charge in [0.05, 0.1) is 17.6 Å². The number of aliphatic hydroxyl groups excluding tert-OH is 1. The van der Waals surface area contributed by atoms with Crippen LogP contribution in [-0.2, 0) is 9.53 Å². The first-order chi connectivity index (χ1) is 11.9. The maximum atomic E-state index is 13.3. The average molecular weight is 349 g/mol. The zero-order chi connectivity index (χ0) is 18.4. The first-order valence-electron chi connectivity index (χ1n) is 7.44. The van der Waals surface area contributed by atoms with Crippen LogP contribution >= 0.6 is 0 Å². The summed E-state index contributed by atoms with van der Waals surface area (Å²) in [6.07, 6.45) is -2.98. The molecule has 0 amide bonds. The predicted octanol–water partition coefficient (Wildman–Crippen LogP) is 2.78. The summed E-state index contributed by atoms with van der Waals surface area (Å²) >= 11 is 0. The average Bonchev–Trinajstić information content (AvgIpc) is 2.61.